The number of benzene rings is 2. The number of nitrogens with zero attached hydrogens (tertiary/aromatic N) is 2. The quantitative estimate of drug-likeness (QED) is 0.684. The molecule has 1 heterocycles. The molecule has 0 saturated carbocycles. The Bertz CT molecular complexity index is 704. The lowest BCUT2D eigenvalue weighted by Gasteiger charge is -1.97. The lowest BCUT2D eigenvalue weighted by Crippen LogP contribution is -2.22. The highest BCUT2D eigenvalue weighted by molar-refractivity contribution is 5.87. The van der Waals surface area contributed by atoms with Crippen LogP contribution in [0.5, 0.6) is 5.75 Å². The second kappa shape index (κ2) is 2.63. The van der Waals surface area contributed by atoms with Gasteiger partial charge in [-0.15, -0.1) is 0 Å². The Labute approximate surface area is 84.2 Å². The zero-order valence-electron chi connectivity index (χ0n) is 7.64. The monoisotopic (exact) mass is 198 g/mol. The van der Waals surface area contributed by atoms with Crippen LogP contribution in [0.25, 0.3) is 10.8 Å². The van der Waals surface area contributed by atoms with Crippen molar-refractivity contribution in [3.63, 3.8) is 0 Å². The molecule has 0 radical (unpaired) electrons. The van der Waals surface area contributed by atoms with E-state index >= 15 is 0 Å². The van der Waals surface area contributed by atoms with Crippen molar-refractivity contribution < 1.29 is 9.90 Å². The summed E-state index contributed by atoms with van der Waals surface area (Å²) in [5.74, 6) is -0.00157. The van der Waals surface area contributed by atoms with Gasteiger partial charge < -0.3 is 5.11 Å². The molecule has 0 atom stereocenters. The van der Waals surface area contributed by atoms with Gasteiger partial charge in [0.15, 0.2) is 0 Å². The molecule has 1 aliphatic heterocycles. The Kier molecular flexibility index (Phi) is 1.42. The van der Waals surface area contributed by atoms with Gasteiger partial charge in [0.25, 0.3) is 0 Å². The number of carbonyl (C=O) groups is 1. The average Bonchev–Trinajstić information content (AvgIpc) is 2.61. The van der Waals surface area contributed by atoms with Crippen molar-refractivity contribution in [3.8, 4) is 5.75 Å². The second-order valence-corrected chi connectivity index (χ2v) is 3.32. The van der Waals surface area contributed by atoms with Gasteiger partial charge in [0, 0.05) is 5.39 Å². The summed E-state index contributed by atoms with van der Waals surface area (Å²) in [4.78, 5) is 18.5. The largest absolute Gasteiger partial charge is 0.506 e. The van der Waals surface area contributed by atoms with Gasteiger partial charge in [-0.25, -0.2) is 4.79 Å². The number of phenols is 1. The highest BCUT2D eigenvalue weighted by Gasteiger charge is 2.11. The van der Waals surface area contributed by atoms with Crippen molar-refractivity contribution in [1.82, 2.24) is 0 Å². The van der Waals surface area contributed by atoms with Crippen molar-refractivity contribution >= 4 is 16.8 Å². The topological polar surface area (TPSA) is 62.0 Å². The minimum atomic E-state index is -0.559. The lowest BCUT2D eigenvalue weighted by molar-refractivity contribution is 0.256. The molecule has 1 N–H and O–H groups in total. The van der Waals surface area contributed by atoms with Crippen LogP contribution in [0.2, 0.25) is 0 Å². The zero-order valence-corrected chi connectivity index (χ0v) is 7.64. The van der Waals surface area contributed by atoms with E-state index in [2.05, 4.69) is 9.98 Å². The van der Waals surface area contributed by atoms with Crippen molar-refractivity contribution in [1.29, 1.82) is 0 Å². The van der Waals surface area contributed by atoms with Crippen molar-refractivity contribution in [2.45, 2.75) is 0 Å². The first-order valence-corrected chi connectivity index (χ1v) is 4.48. The molecular weight excluding hydrogens is 192 g/mol. The number of amides is 2. The van der Waals surface area contributed by atoms with Gasteiger partial charge >= 0.3 is 6.03 Å². The number of phenolic OH excluding ortho intramolecular Hbond substituents is 1. The highest BCUT2D eigenvalue weighted by Crippen LogP contribution is 2.13. The first-order valence-electron chi connectivity index (χ1n) is 4.48. The molecule has 0 aliphatic carbocycles. The minimum absolute atomic E-state index is 0.00157. The van der Waals surface area contributed by atoms with Crippen LogP contribution in [0, 0.1) is 0 Å². The predicted octanol–water partition coefficient (Wildman–Crippen LogP) is 0.918. The summed E-state index contributed by atoms with van der Waals surface area (Å²) < 4.78 is 0. The van der Waals surface area contributed by atoms with E-state index in [0.717, 1.165) is 10.8 Å². The van der Waals surface area contributed by atoms with Crippen LogP contribution in [0.15, 0.2) is 40.3 Å². The maximum Gasteiger partial charge on any atom is 0.368 e. The van der Waals surface area contributed by atoms with Gasteiger partial charge in [0.1, 0.15) is 16.5 Å². The van der Waals surface area contributed by atoms with Gasteiger partial charge in [0.05, 0.1) is 0 Å². The minimum Gasteiger partial charge on any atom is -0.506 e. The van der Waals surface area contributed by atoms with Gasteiger partial charge in [-0.2, -0.15) is 9.98 Å². The van der Waals surface area contributed by atoms with Crippen LogP contribution in [-0.2, 0) is 0 Å². The molecule has 0 bridgehead atoms. The maximum atomic E-state index is 11.1. The van der Waals surface area contributed by atoms with E-state index in [9.17, 15) is 9.90 Å². The van der Waals surface area contributed by atoms with Crippen LogP contribution in [0.4, 0.5) is 4.79 Å². The molecule has 3 rings (SSSR count). The maximum absolute atomic E-state index is 11.1. The number of hydrogen-bond donors (Lipinski definition) is 1. The van der Waals surface area contributed by atoms with Crippen molar-refractivity contribution in [2.24, 2.45) is 9.98 Å². The summed E-state index contributed by atoms with van der Waals surface area (Å²) in [6.07, 6.45) is 0. The van der Waals surface area contributed by atoms with E-state index < -0.39 is 6.03 Å². The van der Waals surface area contributed by atoms with Gasteiger partial charge in [-0.3, -0.25) is 0 Å². The number of fused-ring (bicyclic) bond motifs is 3. The highest BCUT2D eigenvalue weighted by atomic mass is 16.3. The third kappa shape index (κ3) is 1.05. The van der Waals surface area contributed by atoms with Crippen molar-refractivity contribution in [3.05, 3.63) is 41.0 Å². The Morgan fingerprint density at radius 2 is 1.80 bits per heavy atom. The molecule has 2 amide bonds. The summed E-state index contributed by atoms with van der Waals surface area (Å²) in [7, 11) is 0. The molecule has 4 nitrogen and oxygen atoms in total. The number of aromatic hydroxyl groups is 1. The summed E-state index contributed by atoms with van der Waals surface area (Å²) in [5.41, 5.74) is 0. The van der Waals surface area contributed by atoms with Crippen LogP contribution >= 0.6 is 0 Å². The smallest absolute Gasteiger partial charge is 0.368 e. The van der Waals surface area contributed by atoms with Gasteiger partial charge in [0.2, 0.25) is 0 Å². The van der Waals surface area contributed by atoms with E-state index in [4.69, 9.17) is 0 Å². The zero-order chi connectivity index (χ0) is 10.4. The normalized spacial score (nSPS) is 13.5. The van der Waals surface area contributed by atoms with E-state index in [0.29, 0.717) is 5.36 Å². The molecule has 0 saturated heterocycles. The first-order chi connectivity index (χ1) is 7.25. The van der Waals surface area contributed by atoms with Gasteiger partial charge in [-0.05, 0) is 11.5 Å². The Hall–Kier alpha value is -2.23. The van der Waals surface area contributed by atoms with Crippen LogP contribution < -0.4 is 10.7 Å². The van der Waals surface area contributed by atoms with Crippen LogP contribution in [-0.4, -0.2) is 11.1 Å². The van der Waals surface area contributed by atoms with Gasteiger partial charge in [-0.1, -0.05) is 24.3 Å². The summed E-state index contributed by atoms with van der Waals surface area (Å²) >= 11 is 0. The molecule has 2 aromatic carbocycles. The molecular formula is C11H6N2O2. The standard InChI is InChI=1S/C11H6N2O2/c14-8-5-6-3-1-2-4-7(6)9-10(8)13-11(15)12-9/h1-5,14H. The number of carbonyl (C=O) groups excluding carboxylic acids is 1. The lowest BCUT2D eigenvalue weighted by atomic mass is 10.1. The average molecular weight is 198 g/mol. The molecule has 0 aromatic heterocycles. The predicted molar refractivity (Wildman–Crippen MR) is 53.3 cm³/mol. The fourth-order valence-corrected chi connectivity index (χ4v) is 1.74. The molecule has 0 spiro atoms. The van der Waals surface area contributed by atoms with Crippen LogP contribution in [0.1, 0.15) is 0 Å². The van der Waals surface area contributed by atoms with E-state index in [1.165, 1.54) is 0 Å². The SMILES string of the molecule is O=C1N=c2c(O)cc3ccccc3c2=N1. The number of hydrogen-bond acceptors (Lipinski definition) is 2. The summed E-state index contributed by atoms with van der Waals surface area (Å²) in [6, 6.07) is 8.46. The molecule has 4 heteroatoms. The molecule has 0 fully saturated rings. The molecule has 72 valence electrons. The summed E-state index contributed by atoms with van der Waals surface area (Å²) in [5, 5.41) is 12.1. The fraction of sp³-hybridized carbons (Fsp3) is 0. The second-order valence-electron chi connectivity index (χ2n) is 3.32. The number of rotatable bonds is 0. The van der Waals surface area contributed by atoms with E-state index in [1.807, 2.05) is 24.3 Å². The Balaban J connectivity index is 2.67. The molecule has 1 aliphatic rings. The van der Waals surface area contributed by atoms with E-state index in [-0.39, 0.29) is 11.1 Å². The van der Waals surface area contributed by atoms with Crippen LogP contribution in [0.3, 0.4) is 0 Å². The Morgan fingerprint density at radius 1 is 1.07 bits per heavy atom. The Morgan fingerprint density at radius 3 is 2.67 bits per heavy atom. The van der Waals surface area contributed by atoms with Crippen molar-refractivity contribution in [2.75, 3.05) is 0 Å². The number of urea groups is 1. The molecule has 0 unspecified atom stereocenters. The fourth-order valence-electron chi connectivity index (χ4n) is 1.74. The molecule has 2 aromatic rings. The third-order valence-electron chi connectivity index (χ3n) is 2.39. The third-order valence-corrected chi connectivity index (χ3v) is 2.39. The summed E-state index contributed by atoms with van der Waals surface area (Å²) in [6.45, 7) is 0. The molecule has 15 heavy (non-hydrogen) atoms. The van der Waals surface area contributed by atoms with E-state index in [1.54, 1.807) is 6.07 Å². The first kappa shape index (κ1) is 8.11.